The van der Waals surface area contributed by atoms with Crippen LogP contribution in [0, 0.1) is 27.6 Å². The van der Waals surface area contributed by atoms with E-state index in [4.69, 9.17) is 0 Å². The molecule has 1 saturated heterocycles. The predicted molar refractivity (Wildman–Crippen MR) is 93.1 cm³/mol. The maximum Gasteiger partial charge on any atom is 0.308 e. The highest BCUT2D eigenvalue weighted by molar-refractivity contribution is 5.95. The normalized spacial score (nSPS) is 16.4. The Morgan fingerprint density at radius 3 is 2.30 bits per heavy atom. The van der Waals surface area contributed by atoms with Gasteiger partial charge in [-0.3, -0.25) is 19.8 Å². The van der Waals surface area contributed by atoms with Crippen LogP contribution in [0.5, 0.6) is 0 Å². The third kappa shape index (κ3) is 4.56. The Balaban J connectivity index is 2.10. The predicted octanol–water partition coefficient (Wildman–Crippen LogP) is 2.16. The Hall–Kier alpha value is -2.20. The third-order valence-corrected chi connectivity index (χ3v) is 4.93. The monoisotopic (exact) mass is 388 g/mol. The van der Waals surface area contributed by atoms with Gasteiger partial charge in [-0.25, -0.2) is 8.78 Å². The fourth-order valence-electron chi connectivity index (χ4n) is 3.06. The molecule has 10 heteroatoms. The molecule has 1 fully saturated rings. The lowest BCUT2D eigenvalue weighted by Gasteiger charge is -2.44. The molecule has 1 heterocycles. The van der Waals surface area contributed by atoms with Gasteiger partial charge in [-0.05, 0) is 20.4 Å². The molecule has 150 valence electrons. The van der Waals surface area contributed by atoms with Crippen LogP contribution < -0.4 is 5.32 Å². The van der Waals surface area contributed by atoms with E-state index < -0.39 is 45.1 Å². The van der Waals surface area contributed by atoms with E-state index in [1.807, 2.05) is 13.8 Å². The number of carbonyl (C=O) groups is 1. The van der Waals surface area contributed by atoms with Gasteiger partial charge in [0.05, 0.1) is 10.5 Å². The SMILES string of the molecule is CCN1CCN(C(C)(C)CNC(=O)c2cc([N+](=O)[O-])c(F)c(F)c2F)CC1. The second-order valence-electron chi connectivity index (χ2n) is 7.06. The fourth-order valence-corrected chi connectivity index (χ4v) is 3.06. The molecule has 1 aromatic rings. The van der Waals surface area contributed by atoms with Crippen LogP contribution in [0.1, 0.15) is 31.1 Å². The highest BCUT2D eigenvalue weighted by Crippen LogP contribution is 2.25. The first-order valence-electron chi connectivity index (χ1n) is 8.66. The van der Waals surface area contributed by atoms with E-state index in [9.17, 15) is 28.1 Å². The van der Waals surface area contributed by atoms with Crippen molar-refractivity contribution in [3.63, 3.8) is 0 Å². The van der Waals surface area contributed by atoms with Crippen LogP contribution >= 0.6 is 0 Å². The number of piperazine rings is 1. The largest absolute Gasteiger partial charge is 0.350 e. The molecular weight excluding hydrogens is 365 g/mol. The lowest BCUT2D eigenvalue weighted by Crippen LogP contribution is -2.58. The Labute approximate surface area is 155 Å². The van der Waals surface area contributed by atoms with E-state index in [1.54, 1.807) is 0 Å². The van der Waals surface area contributed by atoms with Gasteiger partial charge in [0.25, 0.3) is 5.91 Å². The average molecular weight is 388 g/mol. The van der Waals surface area contributed by atoms with Crippen molar-refractivity contribution in [2.75, 3.05) is 39.3 Å². The molecule has 27 heavy (non-hydrogen) atoms. The summed E-state index contributed by atoms with van der Waals surface area (Å²) in [4.78, 5) is 26.3. The van der Waals surface area contributed by atoms with Crippen LogP contribution in [-0.2, 0) is 0 Å². The number of hydrogen-bond acceptors (Lipinski definition) is 5. The molecule has 0 atom stereocenters. The number of hydrogen-bond donors (Lipinski definition) is 1. The van der Waals surface area contributed by atoms with Crippen molar-refractivity contribution in [3.8, 4) is 0 Å². The van der Waals surface area contributed by atoms with Crippen LogP contribution in [0.25, 0.3) is 0 Å². The summed E-state index contributed by atoms with van der Waals surface area (Å²) in [6.45, 7) is 10.3. The highest BCUT2D eigenvalue weighted by atomic mass is 19.2. The van der Waals surface area contributed by atoms with Gasteiger partial charge in [0.1, 0.15) is 0 Å². The molecule has 7 nitrogen and oxygen atoms in total. The van der Waals surface area contributed by atoms with E-state index in [2.05, 4.69) is 22.0 Å². The first kappa shape index (κ1) is 21.1. The third-order valence-electron chi connectivity index (χ3n) is 4.93. The smallest absolute Gasteiger partial charge is 0.308 e. The minimum Gasteiger partial charge on any atom is -0.350 e. The van der Waals surface area contributed by atoms with Gasteiger partial charge < -0.3 is 10.2 Å². The summed E-state index contributed by atoms with van der Waals surface area (Å²) in [5.74, 6) is -6.74. The topological polar surface area (TPSA) is 78.7 Å². The summed E-state index contributed by atoms with van der Waals surface area (Å²) in [6, 6.07) is 0.413. The molecule has 2 rings (SSSR count). The highest BCUT2D eigenvalue weighted by Gasteiger charge is 2.32. The zero-order valence-corrected chi connectivity index (χ0v) is 15.5. The van der Waals surface area contributed by atoms with Crippen molar-refractivity contribution >= 4 is 11.6 Å². The van der Waals surface area contributed by atoms with Gasteiger partial charge >= 0.3 is 5.69 Å². The molecule has 1 aliphatic rings. The number of nitrogens with one attached hydrogen (secondary N) is 1. The number of halogens is 3. The number of carbonyl (C=O) groups excluding carboxylic acids is 1. The Morgan fingerprint density at radius 2 is 1.78 bits per heavy atom. The molecule has 0 bridgehead atoms. The zero-order chi connectivity index (χ0) is 20.4. The number of amides is 1. The molecule has 0 aliphatic carbocycles. The molecule has 1 aromatic carbocycles. The molecule has 0 radical (unpaired) electrons. The number of nitro benzene ring substituents is 1. The van der Waals surface area contributed by atoms with Crippen LogP contribution in [-0.4, -0.2) is 65.4 Å². The van der Waals surface area contributed by atoms with Crippen molar-refractivity contribution in [1.82, 2.24) is 15.1 Å². The van der Waals surface area contributed by atoms with Gasteiger partial charge in [-0.2, -0.15) is 4.39 Å². The molecule has 1 N–H and O–H groups in total. The average Bonchev–Trinajstić information content (AvgIpc) is 2.64. The summed E-state index contributed by atoms with van der Waals surface area (Å²) in [5.41, 5.74) is -2.64. The summed E-state index contributed by atoms with van der Waals surface area (Å²) in [6.07, 6.45) is 0. The molecule has 0 aromatic heterocycles. The van der Waals surface area contributed by atoms with Gasteiger partial charge in [0, 0.05) is 44.3 Å². The fraction of sp³-hybridized carbons (Fsp3) is 0.588. The quantitative estimate of drug-likeness (QED) is 0.459. The van der Waals surface area contributed by atoms with Crippen molar-refractivity contribution in [2.24, 2.45) is 0 Å². The Morgan fingerprint density at radius 1 is 1.19 bits per heavy atom. The zero-order valence-electron chi connectivity index (χ0n) is 15.5. The maximum atomic E-state index is 13.9. The van der Waals surface area contributed by atoms with Gasteiger partial charge in [-0.1, -0.05) is 6.92 Å². The minimum atomic E-state index is -2.04. The number of benzene rings is 1. The summed E-state index contributed by atoms with van der Waals surface area (Å²) in [5, 5.41) is 13.2. The van der Waals surface area contributed by atoms with Crippen LogP contribution in [0.3, 0.4) is 0 Å². The molecular formula is C17H23F3N4O3. The van der Waals surface area contributed by atoms with Gasteiger partial charge in [-0.15, -0.1) is 0 Å². The maximum absolute atomic E-state index is 13.9. The summed E-state index contributed by atoms with van der Waals surface area (Å²) >= 11 is 0. The lowest BCUT2D eigenvalue weighted by molar-refractivity contribution is -0.387. The standard InChI is InChI=1S/C17H23F3N4O3/c1-4-22-5-7-23(8-6-22)17(2,3)10-21-16(25)11-9-12(24(26)27)14(19)15(20)13(11)18/h9H,4-8,10H2,1-3H3,(H,21,25). The van der Waals surface area contributed by atoms with E-state index in [0.717, 1.165) is 32.7 Å². The van der Waals surface area contributed by atoms with Crippen molar-refractivity contribution < 1.29 is 22.9 Å². The van der Waals surface area contributed by atoms with Crippen LogP contribution in [0.2, 0.25) is 0 Å². The Kier molecular flexibility index (Phi) is 6.42. The molecule has 0 saturated carbocycles. The Bertz CT molecular complexity index is 735. The number of nitrogens with zero attached hydrogens (tertiary/aromatic N) is 3. The number of likely N-dealkylation sites (N-methyl/N-ethyl adjacent to an activating group) is 1. The van der Waals surface area contributed by atoms with Crippen LogP contribution in [0.15, 0.2) is 6.07 Å². The summed E-state index contributed by atoms with van der Waals surface area (Å²) in [7, 11) is 0. The van der Waals surface area contributed by atoms with E-state index >= 15 is 0 Å². The minimum absolute atomic E-state index is 0.115. The molecule has 0 unspecified atom stereocenters. The van der Waals surface area contributed by atoms with E-state index in [1.165, 1.54) is 0 Å². The molecule has 1 aliphatic heterocycles. The number of rotatable bonds is 6. The number of nitro groups is 1. The lowest BCUT2D eigenvalue weighted by atomic mass is 10.0. The van der Waals surface area contributed by atoms with Crippen molar-refractivity contribution in [2.45, 2.75) is 26.3 Å². The molecule has 0 spiro atoms. The van der Waals surface area contributed by atoms with E-state index in [0.29, 0.717) is 6.07 Å². The van der Waals surface area contributed by atoms with Crippen molar-refractivity contribution in [3.05, 3.63) is 39.2 Å². The van der Waals surface area contributed by atoms with Crippen LogP contribution in [0.4, 0.5) is 18.9 Å². The summed E-state index contributed by atoms with van der Waals surface area (Å²) < 4.78 is 40.9. The second-order valence-corrected chi connectivity index (χ2v) is 7.06. The first-order chi connectivity index (χ1) is 12.6. The van der Waals surface area contributed by atoms with Crippen molar-refractivity contribution in [1.29, 1.82) is 0 Å². The van der Waals surface area contributed by atoms with E-state index in [-0.39, 0.29) is 6.54 Å². The van der Waals surface area contributed by atoms with Gasteiger partial charge in [0.2, 0.25) is 11.6 Å². The molecule has 1 amide bonds. The van der Waals surface area contributed by atoms with Gasteiger partial charge in [0.15, 0.2) is 5.82 Å². The first-order valence-corrected chi connectivity index (χ1v) is 8.66. The second kappa shape index (κ2) is 8.22.